The Hall–Kier alpha value is -3.46. The summed E-state index contributed by atoms with van der Waals surface area (Å²) in [6, 6.07) is 11.6. The van der Waals surface area contributed by atoms with Gasteiger partial charge in [0.25, 0.3) is 5.91 Å². The summed E-state index contributed by atoms with van der Waals surface area (Å²) in [5.74, 6) is -0.652. The first kappa shape index (κ1) is 17.9. The van der Waals surface area contributed by atoms with Gasteiger partial charge in [-0.2, -0.15) is 5.10 Å². The molecule has 0 radical (unpaired) electrons. The summed E-state index contributed by atoms with van der Waals surface area (Å²) in [7, 11) is 1.26. The third kappa shape index (κ3) is 3.27. The van der Waals surface area contributed by atoms with Crippen LogP contribution in [0.5, 0.6) is 5.75 Å². The Kier molecular flexibility index (Phi) is 4.90. The van der Waals surface area contributed by atoms with Gasteiger partial charge in [0.15, 0.2) is 17.1 Å². The molecular formula is C19H16N4O4S. The van der Waals surface area contributed by atoms with Crippen molar-refractivity contribution in [2.24, 2.45) is 0 Å². The smallest absolute Gasteiger partial charge is 0.325 e. The number of pyridine rings is 1. The van der Waals surface area contributed by atoms with Crippen molar-refractivity contribution in [3.8, 4) is 5.75 Å². The molecule has 1 aromatic carbocycles. The van der Waals surface area contributed by atoms with Gasteiger partial charge in [-0.05, 0) is 17.0 Å². The molecule has 0 aliphatic carbocycles. The lowest BCUT2D eigenvalue weighted by Crippen LogP contribution is -2.32. The summed E-state index contributed by atoms with van der Waals surface area (Å²) in [5, 5.41) is 9.49. The van der Waals surface area contributed by atoms with Crippen LogP contribution in [0.25, 0.3) is 15.7 Å². The van der Waals surface area contributed by atoms with E-state index in [2.05, 4.69) is 20.1 Å². The second-order valence-electron chi connectivity index (χ2n) is 5.87. The first-order chi connectivity index (χ1) is 13.7. The van der Waals surface area contributed by atoms with E-state index >= 15 is 0 Å². The summed E-state index contributed by atoms with van der Waals surface area (Å²) < 4.78 is 12.9. The lowest BCUT2D eigenvalue weighted by molar-refractivity contribution is -0.139. The number of esters is 1. The van der Waals surface area contributed by atoms with E-state index in [-0.39, 0.29) is 18.8 Å². The number of thiophene rings is 1. The molecule has 0 aliphatic rings. The summed E-state index contributed by atoms with van der Waals surface area (Å²) in [4.78, 5) is 28.6. The molecule has 28 heavy (non-hydrogen) atoms. The van der Waals surface area contributed by atoms with Crippen LogP contribution < -0.4 is 10.1 Å². The van der Waals surface area contributed by atoms with E-state index in [0.29, 0.717) is 11.4 Å². The van der Waals surface area contributed by atoms with Crippen LogP contribution >= 0.6 is 11.3 Å². The highest BCUT2D eigenvalue weighted by atomic mass is 32.1. The number of carbonyl (C=O) groups is 2. The minimum Gasteiger partial charge on any atom is -0.485 e. The fourth-order valence-electron chi connectivity index (χ4n) is 2.82. The van der Waals surface area contributed by atoms with Gasteiger partial charge in [0.2, 0.25) is 0 Å². The third-order valence-corrected chi connectivity index (χ3v) is 5.06. The predicted octanol–water partition coefficient (Wildman–Crippen LogP) is 2.43. The number of ether oxygens (including phenoxy) is 2. The summed E-state index contributed by atoms with van der Waals surface area (Å²) in [6.45, 7) is 0.0253. The zero-order valence-corrected chi connectivity index (χ0v) is 15.7. The fourth-order valence-corrected chi connectivity index (χ4v) is 3.71. The normalized spacial score (nSPS) is 10.9. The van der Waals surface area contributed by atoms with E-state index in [1.54, 1.807) is 0 Å². The first-order valence-electron chi connectivity index (χ1n) is 8.43. The highest BCUT2D eigenvalue weighted by molar-refractivity contribution is 7.17. The average Bonchev–Trinajstić information content (AvgIpc) is 3.39. The Morgan fingerprint density at radius 1 is 1.21 bits per heavy atom. The van der Waals surface area contributed by atoms with E-state index in [9.17, 15) is 9.59 Å². The van der Waals surface area contributed by atoms with Crippen LogP contribution in [0, 0.1) is 0 Å². The van der Waals surface area contributed by atoms with Crippen LogP contribution in [-0.4, -0.2) is 40.1 Å². The van der Waals surface area contributed by atoms with Gasteiger partial charge in [-0.1, -0.05) is 30.3 Å². The topological polar surface area (TPSA) is 94.8 Å². The standard InChI is InChI=1S/C19H16N4O4S/c1-26-14(24)9-20-19(25)15-16(27-10-12-5-3-2-4-6-12)17-13(7-8-28-17)18-21-11-22-23(15)18/h2-8,11H,9-10H2,1H3,(H,20,25). The number of carbonyl (C=O) groups excluding carboxylic acids is 2. The van der Waals surface area contributed by atoms with E-state index in [1.165, 1.54) is 29.3 Å². The molecule has 0 atom stereocenters. The Bertz CT molecular complexity index is 1150. The lowest BCUT2D eigenvalue weighted by Gasteiger charge is -2.14. The van der Waals surface area contributed by atoms with Gasteiger partial charge >= 0.3 is 5.97 Å². The number of benzene rings is 1. The molecule has 1 N–H and O–H groups in total. The number of nitrogens with one attached hydrogen (secondary N) is 1. The molecule has 0 fully saturated rings. The maximum absolute atomic E-state index is 12.9. The zero-order chi connectivity index (χ0) is 19.5. The SMILES string of the molecule is COC(=O)CNC(=O)c1c(OCc2ccccc2)c2sccc2c2ncnn12. The molecule has 142 valence electrons. The van der Waals surface area contributed by atoms with Crippen LogP contribution in [-0.2, 0) is 16.1 Å². The molecule has 3 aromatic heterocycles. The Morgan fingerprint density at radius 2 is 2.04 bits per heavy atom. The molecule has 0 saturated heterocycles. The number of rotatable bonds is 6. The molecule has 0 bridgehead atoms. The van der Waals surface area contributed by atoms with Gasteiger partial charge < -0.3 is 14.8 Å². The lowest BCUT2D eigenvalue weighted by atomic mass is 10.2. The van der Waals surface area contributed by atoms with Crippen molar-refractivity contribution in [3.63, 3.8) is 0 Å². The van der Waals surface area contributed by atoms with Crippen molar-refractivity contribution in [1.29, 1.82) is 0 Å². The van der Waals surface area contributed by atoms with Gasteiger partial charge in [-0.25, -0.2) is 9.50 Å². The first-order valence-corrected chi connectivity index (χ1v) is 9.31. The van der Waals surface area contributed by atoms with Crippen LogP contribution in [0.4, 0.5) is 0 Å². The number of hydrogen-bond donors (Lipinski definition) is 1. The average molecular weight is 396 g/mol. The van der Waals surface area contributed by atoms with Crippen molar-refractivity contribution < 1.29 is 19.1 Å². The molecule has 3 heterocycles. The van der Waals surface area contributed by atoms with Gasteiger partial charge in [-0.3, -0.25) is 9.59 Å². The molecule has 0 aliphatic heterocycles. The van der Waals surface area contributed by atoms with Crippen molar-refractivity contribution in [1.82, 2.24) is 19.9 Å². The Morgan fingerprint density at radius 3 is 2.82 bits per heavy atom. The molecule has 0 saturated carbocycles. The number of hydrogen-bond acceptors (Lipinski definition) is 7. The molecule has 1 amide bonds. The highest BCUT2D eigenvalue weighted by Gasteiger charge is 2.24. The molecule has 9 heteroatoms. The van der Waals surface area contributed by atoms with Gasteiger partial charge in [0.05, 0.1) is 11.8 Å². The van der Waals surface area contributed by atoms with Crippen molar-refractivity contribution >= 4 is 38.9 Å². The molecule has 8 nitrogen and oxygen atoms in total. The number of aromatic nitrogens is 3. The summed E-state index contributed by atoms with van der Waals surface area (Å²) in [6.07, 6.45) is 1.38. The predicted molar refractivity (Wildman–Crippen MR) is 103 cm³/mol. The molecule has 0 spiro atoms. The second-order valence-corrected chi connectivity index (χ2v) is 6.79. The van der Waals surface area contributed by atoms with Crippen molar-refractivity contribution in [3.05, 3.63) is 59.4 Å². The molecule has 4 rings (SSSR count). The minimum atomic E-state index is -0.549. The van der Waals surface area contributed by atoms with E-state index in [1.807, 2.05) is 41.8 Å². The fraction of sp³-hybridized carbons (Fsp3) is 0.158. The molecular weight excluding hydrogens is 380 g/mol. The monoisotopic (exact) mass is 396 g/mol. The number of methoxy groups -OCH3 is 1. The highest BCUT2D eigenvalue weighted by Crippen LogP contribution is 2.36. The van der Waals surface area contributed by atoms with E-state index in [4.69, 9.17) is 4.74 Å². The number of nitrogens with zero attached hydrogens (tertiary/aromatic N) is 3. The van der Waals surface area contributed by atoms with E-state index in [0.717, 1.165) is 15.6 Å². The molecule has 4 aromatic rings. The maximum Gasteiger partial charge on any atom is 0.325 e. The number of amides is 1. The van der Waals surface area contributed by atoms with Gasteiger partial charge in [-0.15, -0.1) is 11.3 Å². The molecule has 0 unspecified atom stereocenters. The summed E-state index contributed by atoms with van der Waals surface area (Å²) in [5.41, 5.74) is 1.70. The zero-order valence-electron chi connectivity index (χ0n) is 14.9. The van der Waals surface area contributed by atoms with Crippen LogP contribution in [0.15, 0.2) is 48.1 Å². The van der Waals surface area contributed by atoms with Crippen LogP contribution in [0.3, 0.4) is 0 Å². The van der Waals surface area contributed by atoms with Crippen LogP contribution in [0.2, 0.25) is 0 Å². The largest absolute Gasteiger partial charge is 0.485 e. The second kappa shape index (κ2) is 7.65. The van der Waals surface area contributed by atoms with Gasteiger partial charge in [0.1, 0.15) is 19.5 Å². The summed E-state index contributed by atoms with van der Waals surface area (Å²) >= 11 is 1.45. The maximum atomic E-state index is 12.9. The van der Waals surface area contributed by atoms with Crippen molar-refractivity contribution in [2.45, 2.75) is 6.61 Å². The minimum absolute atomic E-state index is 0.183. The van der Waals surface area contributed by atoms with Gasteiger partial charge in [0, 0.05) is 5.39 Å². The van der Waals surface area contributed by atoms with E-state index < -0.39 is 11.9 Å². The Balaban J connectivity index is 1.79. The third-order valence-electron chi connectivity index (χ3n) is 4.15. The Labute approximate surface area is 163 Å². The number of fused-ring (bicyclic) bond motifs is 3. The van der Waals surface area contributed by atoms with Crippen LogP contribution in [0.1, 0.15) is 16.1 Å². The quantitative estimate of drug-likeness (QED) is 0.503. The van der Waals surface area contributed by atoms with Crippen molar-refractivity contribution in [2.75, 3.05) is 13.7 Å².